The lowest BCUT2D eigenvalue weighted by Gasteiger charge is -2.24. The first kappa shape index (κ1) is 16.6. The fraction of sp³-hybridized carbons (Fsp3) is 0.278. The van der Waals surface area contributed by atoms with Gasteiger partial charge in [-0.05, 0) is 24.1 Å². The second-order valence-electron chi connectivity index (χ2n) is 5.71. The van der Waals surface area contributed by atoms with Gasteiger partial charge in [-0.3, -0.25) is 5.10 Å². The van der Waals surface area contributed by atoms with Crippen molar-refractivity contribution in [2.24, 2.45) is 5.73 Å². The zero-order valence-corrected chi connectivity index (χ0v) is 14.0. The van der Waals surface area contributed by atoms with E-state index in [2.05, 4.69) is 23.2 Å². The summed E-state index contributed by atoms with van der Waals surface area (Å²) in [5, 5.41) is 16.7. The SMILES string of the molecule is CCCc1[nH]nc2c1C(c1ccc(C(=O)OC)cc1)C(C#N)=C(N)O2. The number of nitrogens with zero attached hydrogens (tertiary/aromatic N) is 2. The van der Waals surface area contributed by atoms with Crippen molar-refractivity contribution in [2.45, 2.75) is 25.7 Å². The summed E-state index contributed by atoms with van der Waals surface area (Å²) < 4.78 is 10.2. The Morgan fingerprint density at radius 1 is 1.44 bits per heavy atom. The highest BCUT2D eigenvalue weighted by Crippen LogP contribution is 2.43. The average Bonchev–Trinajstić information content (AvgIpc) is 3.02. The van der Waals surface area contributed by atoms with Crippen LogP contribution in [0.2, 0.25) is 0 Å². The highest BCUT2D eigenvalue weighted by Gasteiger charge is 2.34. The van der Waals surface area contributed by atoms with Gasteiger partial charge in [0, 0.05) is 11.3 Å². The molecular weight excluding hydrogens is 320 g/mol. The Morgan fingerprint density at radius 3 is 2.76 bits per heavy atom. The number of nitrogens with two attached hydrogens (primary N) is 1. The maximum atomic E-state index is 11.6. The minimum absolute atomic E-state index is 0.0478. The fourth-order valence-corrected chi connectivity index (χ4v) is 3.01. The van der Waals surface area contributed by atoms with E-state index in [4.69, 9.17) is 15.2 Å². The van der Waals surface area contributed by atoms with Crippen molar-refractivity contribution < 1.29 is 14.3 Å². The number of carbonyl (C=O) groups is 1. The van der Waals surface area contributed by atoms with E-state index in [-0.39, 0.29) is 11.8 Å². The van der Waals surface area contributed by atoms with Crippen molar-refractivity contribution in [3.05, 3.63) is 58.1 Å². The summed E-state index contributed by atoms with van der Waals surface area (Å²) in [7, 11) is 1.33. The Labute approximate surface area is 145 Å². The van der Waals surface area contributed by atoms with E-state index in [1.54, 1.807) is 24.3 Å². The van der Waals surface area contributed by atoms with Gasteiger partial charge in [-0.25, -0.2) is 4.79 Å². The van der Waals surface area contributed by atoms with E-state index in [0.717, 1.165) is 29.7 Å². The van der Waals surface area contributed by atoms with Crippen molar-refractivity contribution >= 4 is 5.97 Å². The van der Waals surface area contributed by atoms with Gasteiger partial charge in [-0.15, -0.1) is 5.10 Å². The molecule has 1 aliphatic heterocycles. The number of allylic oxidation sites excluding steroid dienone is 1. The minimum atomic E-state index is -0.412. The second-order valence-corrected chi connectivity index (χ2v) is 5.71. The number of carbonyl (C=O) groups excluding carboxylic acids is 1. The Morgan fingerprint density at radius 2 is 2.16 bits per heavy atom. The van der Waals surface area contributed by atoms with Gasteiger partial charge in [0.2, 0.25) is 11.8 Å². The summed E-state index contributed by atoms with van der Waals surface area (Å²) in [5.74, 6) is -0.362. The number of aromatic nitrogens is 2. The third kappa shape index (κ3) is 2.83. The van der Waals surface area contributed by atoms with Crippen molar-refractivity contribution in [3.63, 3.8) is 0 Å². The van der Waals surface area contributed by atoms with E-state index in [1.165, 1.54) is 7.11 Å². The van der Waals surface area contributed by atoms with E-state index >= 15 is 0 Å². The van der Waals surface area contributed by atoms with Crippen LogP contribution >= 0.6 is 0 Å². The van der Waals surface area contributed by atoms with Gasteiger partial charge in [0.15, 0.2) is 0 Å². The van der Waals surface area contributed by atoms with Gasteiger partial charge >= 0.3 is 5.97 Å². The molecule has 1 aromatic carbocycles. The van der Waals surface area contributed by atoms with Gasteiger partial charge in [0.05, 0.1) is 18.6 Å². The molecule has 128 valence electrons. The van der Waals surface area contributed by atoms with E-state index in [1.807, 2.05) is 0 Å². The van der Waals surface area contributed by atoms with Crippen molar-refractivity contribution in [3.8, 4) is 11.9 Å². The number of aryl methyl sites for hydroxylation is 1. The summed E-state index contributed by atoms with van der Waals surface area (Å²) in [6.45, 7) is 2.06. The number of aromatic amines is 1. The second kappa shape index (κ2) is 6.69. The molecular formula is C18H18N4O3. The van der Waals surface area contributed by atoms with Crippen LogP contribution in [0.4, 0.5) is 0 Å². The Hall–Kier alpha value is -3.27. The van der Waals surface area contributed by atoms with Crippen molar-refractivity contribution in [1.82, 2.24) is 10.2 Å². The molecule has 7 heteroatoms. The van der Waals surface area contributed by atoms with Gasteiger partial charge in [0.25, 0.3) is 0 Å². The number of rotatable bonds is 4. The van der Waals surface area contributed by atoms with Crippen molar-refractivity contribution in [1.29, 1.82) is 5.26 Å². The van der Waals surface area contributed by atoms with Crippen LogP contribution in [0.5, 0.6) is 5.88 Å². The lowest BCUT2D eigenvalue weighted by Crippen LogP contribution is -2.21. The molecule has 0 spiro atoms. The number of ether oxygens (including phenoxy) is 2. The highest BCUT2D eigenvalue weighted by atomic mass is 16.5. The highest BCUT2D eigenvalue weighted by molar-refractivity contribution is 5.89. The summed E-state index contributed by atoms with van der Waals surface area (Å²) >= 11 is 0. The van der Waals surface area contributed by atoms with Gasteiger partial charge in [-0.1, -0.05) is 25.5 Å². The molecule has 0 saturated heterocycles. The molecule has 1 aromatic heterocycles. The molecule has 0 aliphatic carbocycles. The predicted molar refractivity (Wildman–Crippen MR) is 89.7 cm³/mol. The van der Waals surface area contributed by atoms with Crippen molar-refractivity contribution in [2.75, 3.05) is 7.11 Å². The minimum Gasteiger partial charge on any atom is -0.465 e. The number of esters is 1. The van der Waals surface area contributed by atoms with Crippen LogP contribution in [0.25, 0.3) is 0 Å². The molecule has 1 aliphatic rings. The molecule has 0 amide bonds. The summed E-state index contributed by atoms with van der Waals surface area (Å²) in [4.78, 5) is 11.6. The zero-order chi connectivity index (χ0) is 18.0. The zero-order valence-electron chi connectivity index (χ0n) is 14.0. The molecule has 1 atom stereocenters. The number of nitrogens with one attached hydrogen (secondary N) is 1. The maximum absolute atomic E-state index is 11.6. The van der Waals surface area contributed by atoms with E-state index in [9.17, 15) is 10.1 Å². The number of nitriles is 1. The largest absolute Gasteiger partial charge is 0.465 e. The number of hydrogen-bond acceptors (Lipinski definition) is 6. The van der Waals surface area contributed by atoms with E-state index in [0.29, 0.717) is 17.0 Å². The van der Waals surface area contributed by atoms with Crippen LogP contribution in [0.3, 0.4) is 0 Å². The monoisotopic (exact) mass is 338 g/mol. The van der Waals surface area contributed by atoms with Crippen LogP contribution in [-0.4, -0.2) is 23.3 Å². The van der Waals surface area contributed by atoms with Crippen LogP contribution < -0.4 is 10.5 Å². The number of H-pyrrole nitrogens is 1. The Kier molecular flexibility index (Phi) is 4.44. The molecule has 0 radical (unpaired) electrons. The first-order valence-corrected chi connectivity index (χ1v) is 7.93. The molecule has 3 N–H and O–H groups in total. The number of fused-ring (bicyclic) bond motifs is 1. The van der Waals surface area contributed by atoms with Crippen LogP contribution in [0.15, 0.2) is 35.7 Å². The standard InChI is InChI=1S/C18H18N4O3/c1-3-4-13-15-14(10-5-7-11(8-6-10)18(23)24-2)12(9-19)16(20)25-17(15)22-21-13/h5-8,14H,3-4,20H2,1-2H3,(H,21,22). The number of hydrogen-bond donors (Lipinski definition) is 2. The first-order valence-electron chi connectivity index (χ1n) is 7.93. The summed E-state index contributed by atoms with van der Waals surface area (Å²) in [5.41, 5.74) is 9.26. The molecule has 3 rings (SSSR count). The Bertz CT molecular complexity index is 875. The number of methoxy groups -OCH3 is 1. The smallest absolute Gasteiger partial charge is 0.337 e. The quantitative estimate of drug-likeness (QED) is 0.827. The molecule has 0 fully saturated rings. The molecule has 0 saturated carbocycles. The van der Waals surface area contributed by atoms with Gasteiger partial charge in [0.1, 0.15) is 11.6 Å². The molecule has 1 unspecified atom stereocenters. The molecule has 0 bridgehead atoms. The fourth-order valence-electron chi connectivity index (χ4n) is 3.01. The summed E-state index contributed by atoms with van der Waals surface area (Å²) in [6, 6.07) is 9.06. The maximum Gasteiger partial charge on any atom is 0.337 e. The normalized spacial score (nSPS) is 16.0. The molecule has 7 nitrogen and oxygen atoms in total. The Balaban J connectivity index is 2.11. The predicted octanol–water partition coefficient (Wildman–Crippen LogP) is 2.37. The van der Waals surface area contributed by atoms with E-state index < -0.39 is 5.97 Å². The lowest BCUT2D eigenvalue weighted by molar-refractivity contribution is 0.0600. The van der Waals surface area contributed by atoms with Crippen LogP contribution in [-0.2, 0) is 11.2 Å². The summed E-state index contributed by atoms with van der Waals surface area (Å²) in [6.07, 6.45) is 1.70. The topological polar surface area (TPSA) is 114 Å². The van der Waals surface area contributed by atoms with Crippen LogP contribution in [0.1, 0.15) is 46.4 Å². The van der Waals surface area contributed by atoms with Crippen LogP contribution in [0, 0.1) is 11.3 Å². The average molecular weight is 338 g/mol. The molecule has 2 aromatic rings. The third-order valence-electron chi connectivity index (χ3n) is 4.18. The van der Waals surface area contributed by atoms with Gasteiger partial charge in [-0.2, -0.15) is 5.26 Å². The number of benzene rings is 1. The van der Waals surface area contributed by atoms with Gasteiger partial charge < -0.3 is 15.2 Å². The lowest BCUT2D eigenvalue weighted by atomic mass is 9.83. The molecule has 25 heavy (non-hydrogen) atoms. The first-order chi connectivity index (χ1) is 12.1. The molecule has 2 heterocycles. The third-order valence-corrected chi connectivity index (χ3v) is 4.18.